The summed E-state index contributed by atoms with van der Waals surface area (Å²) in [5.74, 6) is 0. The van der Waals surface area contributed by atoms with Gasteiger partial charge in [0.25, 0.3) is 0 Å². The summed E-state index contributed by atoms with van der Waals surface area (Å²) in [4.78, 5) is 5.66. The third kappa shape index (κ3) is 2.48. The molecule has 0 saturated heterocycles. The second-order valence-electron chi connectivity index (χ2n) is 5.69. The van der Waals surface area contributed by atoms with Gasteiger partial charge in [-0.1, -0.05) is 78.0 Å². The maximum Gasteiger partial charge on any atom is 0.137 e. The molecule has 0 N–H and O–H groups in total. The lowest BCUT2D eigenvalue weighted by molar-refractivity contribution is 0.0859. The van der Waals surface area contributed by atoms with E-state index in [4.69, 9.17) is 4.84 Å². The van der Waals surface area contributed by atoms with Crippen LogP contribution in [0.25, 0.3) is 10.8 Å². The van der Waals surface area contributed by atoms with Crippen LogP contribution in [0, 0.1) is 0 Å². The highest BCUT2D eigenvalue weighted by Gasteiger charge is 2.23. The molecule has 1 aliphatic heterocycles. The largest absolute Gasteiger partial charge is 0.391 e. The lowest BCUT2D eigenvalue weighted by Crippen LogP contribution is -2.12. The van der Waals surface area contributed by atoms with E-state index in [1.807, 2.05) is 6.07 Å². The minimum absolute atomic E-state index is 0.136. The van der Waals surface area contributed by atoms with Crippen LogP contribution in [0.15, 0.2) is 78.0 Å². The number of hydrogen-bond acceptors (Lipinski definition) is 2. The van der Waals surface area contributed by atoms with Gasteiger partial charge < -0.3 is 4.84 Å². The summed E-state index contributed by atoms with van der Waals surface area (Å²) >= 11 is 0. The molecule has 108 valence electrons. The molecule has 2 heteroatoms. The Hall–Kier alpha value is -2.61. The van der Waals surface area contributed by atoms with Gasteiger partial charge in [0.2, 0.25) is 0 Å². The topological polar surface area (TPSA) is 21.6 Å². The van der Waals surface area contributed by atoms with Gasteiger partial charge in [0, 0.05) is 18.4 Å². The van der Waals surface area contributed by atoms with E-state index < -0.39 is 0 Å². The first-order chi connectivity index (χ1) is 10.9. The summed E-state index contributed by atoms with van der Waals surface area (Å²) in [6.07, 6.45) is 1.90. The molecule has 3 aromatic rings. The molecule has 1 aliphatic rings. The molecule has 0 aliphatic carbocycles. The Labute approximate surface area is 130 Å². The van der Waals surface area contributed by atoms with E-state index >= 15 is 0 Å². The Balaban J connectivity index is 1.57. The van der Waals surface area contributed by atoms with Crippen molar-refractivity contribution in [1.29, 1.82) is 0 Å². The van der Waals surface area contributed by atoms with Crippen LogP contribution < -0.4 is 0 Å². The Morgan fingerprint density at radius 2 is 1.64 bits per heavy atom. The second-order valence-corrected chi connectivity index (χ2v) is 5.69. The van der Waals surface area contributed by atoms with Crippen molar-refractivity contribution in [3.05, 3.63) is 83.9 Å². The number of hydrogen-bond donors (Lipinski definition) is 0. The van der Waals surface area contributed by atoms with Crippen molar-refractivity contribution in [2.75, 3.05) is 0 Å². The van der Waals surface area contributed by atoms with E-state index in [0.29, 0.717) is 0 Å². The molecule has 22 heavy (non-hydrogen) atoms. The Bertz CT molecular complexity index is 818. The predicted octanol–water partition coefficient (Wildman–Crippen LogP) is 4.58. The molecule has 1 unspecified atom stereocenters. The van der Waals surface area contributed by atoms with E-state index in [1.165, 1.54) is 21.9 Å². The summed E-state index contributed by atoms with van der Waals surface area (Å²) in [6.45, 7) is 0. The van der Waals surface area contributed by atoms with Crippen LogP contribution in [0.3, 0.4) is 0 Å². The monoisotopic (exact) mass is 287 g/mol. The van der Waals surface area contributed by atoms with Crippen molar-refractivity contribution >= 4 is 16.5 Å². The van der Waals surface area contributed by atoms with Gasteiger partial charge in [-0.05, 0) is 16.3 Å². The van der Waals surface area contributed by atoms with Gasteiger partial charge in [0.15, 0.2) is 0 Å². The van der Waals surface area contributed by atoms with Gasteiger partial charge in [-0.3, -0.25) is 0 Å². The molecular formula is C20H17NO. The summed E-state index contributed by atoms with van der Waals surface area (Å²) < 4.78 is 0. The van der Waals surface area contributed by atoms with Gasteiger partial charge in [-0.2, -0.15) is 0 Å². The van der Waals surface area contributed by atoms with Gasteiger partial charge >= 0.3 is 0 Å². The molecule has 0 amide bonds. The van der Waals surface area contributed by atoms with E-state index in [1.54, 1.807) is 0 Å². The fraction of sp³-hybridized carbons (Fsp3) is 0.150. The van der Waals surface area contributed by atoms with Gasteiger partial charge in [-0.25, -0.2) is 0 Å². The maximum absolute atomic E-state index is 5.66. The fourth-order valence-electron chi connectivity index (χ4n) is 3.05. The first-order valence-electron chi connectivity index (χ1n) is 7.65. The molecule has 0 radical (unpaired) electrons. The van der Waals surface area contributed by atoms with Crippen LogP contribution in [-0.4, -0.2) is 11.8 Å². The van der Waals surface area contributed by atoms with Gasteiger partial charge in [0.05, 0.1) is 5.71 Å². The molecule has 1 atom stereocenters. The summed E-state index contributed by atoms with van der Waals surface area (Å²) in [5.41, 5.74) is 3.54. The Morgan fingerprint density at radius 1 is 0.864 bits per heavy atom. The SMILES string of the molecule is c1ccc(CC2CC(c3cccc4ccccc34)=NO2)cc1. The second kappa shape index (κ2) is 5.64. The number of nitrogens with zero attached hydrogens (tertiary/aromatic N) is 1. The maximum atomic E-state index is 5.66. The highest BCUT2D eigenvalue weighted by molar-refractivity contribution is 6.11. The van der Waals surface area contributed by atoms with Crippen molar-refractivity contribution < 1.29 is 4.84 Å². The van der Waals surface area contributed by atoms with E-state index in [2.05, 4.69) is 71.9 Å². The fourth-order valence-corrected chi connectivity index (χ4v) is 3.05. The average Bonchev–Trinajstić information content (AvgIpc) is 3.03. The normalized spacial score (nSPS) is 17.3. The molecule has 0 saturated carbocycles. The molecule has 3 aromatic carbocycles. The number of fused-ring (bicyclic) bond motifs is 1. The summed E-state index contributed by atoms with van der Waals surface area (Å²) in [7, 11) is 0. The zero-order valence-electron chi connectivity index (χ0n) is 12.3. The van der Waals surface area contributed by atoms with Crippen molar-refractivity contribution in [3.8, 4) is 0 Å². The predicted molar refractivity (Wildman–Crippen MR) is 90.1 cm³/mol. The molecule has 0 aromatic heterocycles. The average molecular weight is 287 g/mol. The number of benzene rings is 3. The zero-order chi connectivity index (χ0) is 14.8. The van der Waals surface area contributed by atoms with Crippen LogP contribution in [0.4, 0.5) is 0 Å². The molecule has 4 rings (SSSR count). The van der Waals surface area contributed by atoms with E-state index in [9.17, 15) is 0 Å². The van der Waals surface area contributed by atoms with Crippen molar-refractivity contribution in [3.63, 3.8) is 0 Å². The Morgan fingerprint density at radius 3 is 2.55 bits per heavy atom. The Kier molecular flexibility index (Phi) is 3.36. The third-order valence-corrected chi connectivity index (χ3v) is 4.14. The quantitative estimate of drug-likeness (QED) is 0.691. The van der Waals surface area contributed by atoms with Crippen LogP contribution in [0.2, 0.25) is 0 Å². The van der Waals surface area contributed by atoms with Crippen molar-refractivity contribution in [2.45, 2.75) is 18.9 Å². The van der Waals surface area contributed by atoms with Crippen molar-refractivity contribution in [1.82, 2.24) is 0 Å². The standard InChI is InChI=1S/C20H17NO/c1-2-7-15(8-3-1)13-17-14-20(21-22-17)19-12-6-10-16-9-4-5-11-18(16)19/h1-12,17H,13-14H2. The van der Waals surface area contributed by atoms with Crippen LogP contribution in [0.1, 0.15) is 17.5 Å². The van der Waals surface area contributed by atoms with Crippen LogP contribution in [-0.2, 0) is 11.3 Å². The lowest BCUT2D eigenvalue weighted by Gasteiger charge is -2.08. The minimum atomic E-state index is 0.136. The highest BCUT2D eigenvalue weighted by atomic mass is 16.6. The number of rotatable bonds is 3. The number of oxime groups is 1. The van der Waals surface area contributed by atoms with E-state index in [0.717, 1.165) is 18.6 Å². The van der Waals surface area contributed by atoms with E-state index in [-0.39, 0.29) is 6.10 Å². The van der Waals surface area contributed by atoms with Crippen LogP contribution >= 0.6 is 0 Å². The lowest BCUT2D eigenvalue weighted by atomic mass is 9.96. The van der Waals surface area contributed by atoms with Crippen molar-refractivity contribution in [2.24, 2.45) is 5.16 Å². The molecule has 0 fully saturated rings. The molecule has 0 bridgehead atoms. The van der Waals surface area contributed by atoms with Crippen LogP contribution in [0.5, 0.6) is 0 Å². The zero-order valence-corrected chi connectivity index (χ0v) is 12.3. The first-order valence-corrected chi connectivity index (χ1v) is 7.65. The summed E-state index contributed by atoms with van der Waals surface area (Å²) in [5, 5.41) is 6.84. The van der Waals surface area contributed by atoms with Gasteiger partial charge in [-0.15, -0.1) is 0 Å². The third-order valence-electron chi connectivity index (χ3n) is 4.14. The van der Waals surface area contributed by atoms with Gasteiger partial charge in [0.1, 0.15) is 6.10 Å². The highest BCUT2D eigenvalue weighted by Crippen LogP contribution is 2.25. The summed E-state index contributed by atoms with van der Waals surface area (Å²) in [6, 6.07) is 25.2. The molecule has 1 heterocycles. The smallest absolute Gasteiger partial charge is 0.137 e. The minimum Gasteiger partial charge on any atom is -0.391 e. The first kappa shape index (κ1) is 13.1. The molecule has 2 nitrogen and oxygen atoms in total. The molecule has 0 spiro atoms. The molecular weight excluding hydrogens is 270 g/mol.